The van der Waals surface area contributed by atoms with Crippen molar-refractivity contribution in [1.29, 1.82) is 0 Å². The number of nitrogens with one attached hydrogen (secondary N) is 1. The zero-order valence-electron chi connectivity index (χ0n) is 10.7. The van der Waals surface area contributed by atoms with Crippen LogP contribution in [0.15, 0.2) is 46.9 Å². The zero-order chi connectivity index (χ0) is 14.1. The molecule has 0 aliphatic heterocycles. The second kappa shape index (κ2) is 5.58. The van der Waals surface area contributed by atoms with Crippen LogP contribution in [0.25, 0.3) is 0 Å². The predicted molar refractivity (Wildman–Crippen MR) is 84.1 cm³/mol. The van der Waals surface area contributed by atoms with Gasteiger partial charge in [0.05, 0.1) is 11.1 Å². The molecular weight excluding hydrogens is 338 g/mol. The predicted octanol–water partition coefficient (Wildman–Crippen LogP) is 4.52. The zero-order valence-corrected chi connectivity index (χ0v) is 13.0. The van der Waals surface area contributed by atoms with Gasteiger partial charge in [-0.15, -0.1) is 0 Å². The van der Waals surface area contributed by atoms with Crippen LogP contribution in [0.5, 0.6) is 0 Å². The molecule has 0 bridgehead atoms. The molecule has 0 radical (unpaired) electrons. The fourth-order valence-electron chi connectivity index (χ4n) is 2.59. The van der Waals surface area contributed by atoms with Crippen LogP contribution in [0.1, 0.15) is 33.9 Å². The molecule has 0 heterocycles. The van der Waals surface area contributed by atoms with Crippen LogP contribution in [0.4, 0.5) is 0 Å². The maximum absolute atomic E-state index is 12.3. The van der Waals surface area contributed by atoms with Crippen LogP contribution < -0.4 is 5.32 Å². The largest absolute Gasteiger partial charge is 0.345 e. The maximum Gasteiger partial charge on any atom is 0.251 e. The third-order valence-electron chi connectivity index (χ3n) is 3.62. The first-order valence-corrected chi connectivity index (χ1v) is 7.66. The molecule has 0 aromatic heterocycles. The van der Waals surface area contributed by atoms with Crippen LogP contribution in [0, 0.1) is 0 Å². The van der Waals surface area contributed by atoms with E-state index in [2.05, 4.69) is 33.4 Å². The molecule has 2 nitrogen and oxygen atoms in total. The van der Waals surface area contributed by atoms with Gasteiger partial charge < -0.3 is 5.32 Å². The molecule has 1 amide bonds. The highest BCUT2D eigenvalue weighted by molar-refractivity contribution is 9.10. The van der Waals surface area contributed by atoms with Crippen molar-refractivity contribution in [2.75, 3.05) is 0 Å². The topological polar surface area (TPSA) is 29.1 Å². The molecule has 20 heavy (non-hydrogen) atoms. The molecule has 1 atom stereocenters. The first-order chi connectivity index (χ1) is 9.65. The molecule has 1 N–H and O–H groups in total. The lowest BCUT2D eigenvalue weighted by Crippen LogP contribution is -2.27. The van der Waals surface area contributed by atoms with E-state index in [-0.39, 0.29) is 11.9 Å². The Kier molecular flexibility index (Phi) is 3.81. The Balaban J connectivity index is 1.79. The monoisotopic (exact) mass is 349 g/mol. The van der Waals surface area contributed by atoms with Crippen molar-refractivity contribution in [3.63, 3.8) is 0 Å². The van der Waals surface area contributed by atoms with Gasteiger partial charge in [-0.1, -0.05) is 35.9 Å². The van der Waals surface area contributed by atoms with Gasteiger partial charge in [-0.05, 0) is 58.1 Å². The number of carbonyl (C=O) groups is 1. The molecule has 2 aromatic carbocycles. The summed E-state index contributed by atoms with van der Waals surface area (Å²) in [5.74, 6) is -0.0823. The second-order valence-electron chi connectivity index (χ2n) is 4.89. The van der Waals surface area contributed by atoms with Gasteiger partial charge in [0.15, 0.2) is 0 Å². The molecule has 1 unspecified atom stereocenters. The fourth-order valence-corrected chi connectivity index (χ4v) is 3.01. The quantitative estimate of drug-likeness (QED) is 0.847. The summed E-state index contributed by atoms with van der Waals surface area (Å²) in [7, 11) is 0. The van der Waals surface area contributed by atoms with Gasteiger partial charge >= 0.3 is 0 Å². The lowest BCUT2D eigenvalue weighted by atomic mass is 10.1. The van der Waals surface area contributed by atoms with Crippen molar-refractivity contribution in [2.24, 2.45) is 0 Å². The van der Waals surface area contributed by atoms with E-state index in [0.29, 0.717) is 10.6 Å². The van der Waals surface area contributed by atoms with Gasteiger partial charge in [-0.3, -0.25) is 4.79 Å². The molecule has 0 fully saturated rings. The number of carbonyl (C=O) groups excluding carboxylic acids is 1. The van der Waals surface area contributed by atoms with Crippen molar-refractivity contribution in [3.8, 4) is 0 Å². The average Bonchev–Trinajstić information content (AvgIpc) is 2.85. The van der Waals surface area contributed by atoms with E-state index in [1.54, 1.807) is 18.2 Å². The van der Waals surface area contributed by atoms with Gasteiger partial charge in [0.2, 0.25) is 0 Å². The van der Waals surface area contributed by atoms with Crippen LogP contribution in [0.3, 0.4) is 0 Å². The minimum Gasteiger partial charge on any atom is -0.345 e. The Labute approximate surface area is 131 Å². The third kappa shape index (κ3) is 2.60. The number of benzene rings is 2. The van der Waals surface area contributed by atoms with Crippen molar-refractivity contribution in [3.05, 3.63) is 68.7 Å². The maximum atomic E-state index is 12.3. The number of rotatable bonds is 2. The second-order valence-corrected chi connectivity index (χ2v) is 6.15. The summed E-state index contributed by atoms with van der Waals surface area (Å²) in [5.41, 5.74) is 3.14. The number of aryl methyl sites for hydroxylation is 1. The highest BCUT2D eigenvalue weighted by Gasteiger charge is 2.23. The van der Waals surface area contributed by atoms with Crippen LogP contribution in [-0.2, 0) is 6.42 Å². The van der Waals surface area contributed by atoms with Crippen molar-refractivity contribution < 1.29 is 4.79 Å². The molecular formula is C16H13BrClNO. The summed E-state index contributed by atoms with van der Waals surface area (Å²) in [5, 5.41) is 3.63. The molecule has 102 valence electrons. The van der Waals surface area contributed by atoms with Crippen LogP contribution in [0.2, 0.25) is 5.02 Å². The molecule has 1 aliphatic rings. The van der Waals surface area contributed by atoms with Gasteiger partial charge in [0, 0.05) is 10.0 Å². The van der Waals surface area contributed by atoms with E-state index in [1.807, 2.05) is 12.1 Å². The molecule has 0 spiro atoms. The first-order valence-electron chi connectivity index (χ1n) is 6.49. The average molecular weight is 351 g/mol. The van der Waals surface area contributed by atoms with E-state index >= 15 is 0 Å². The minimum atomic E-state index is -0.0823. The fraction of sp³-hybridized carbons (Fsp3) is 0.188. The normalized spacial score (nSPS) is 16.8. The number of fused-ring (bicyclic) bond motifs is 1. The highest BCUT2D eigenvalue weighted by Crippen LogP contribution is 2.31. The Morgan fingerprint density at radius 3 is 2.85 bits per heavy atom. The van der Waals surface area contributed by atoms with Gasteiger partial charge in [0.1, 0.15) is 0 Å². The van der Waals surface area contributed by atoms with Gasteiger partial charge in [-0.2, -0.15) is 0 Å². The third-order valence-corrected chi connectivity index (χ3v) is 4.85. The summed E-state index contributed by atoms with van der Waals surface area (Å²) in [6.45, 7) is 0. The molecule has 1 aliphatic carbocycles. The van der Waals surface area contributed by atoms with E-state index in [4.69, 9.17) is 11.6 Å². The molecule has 2 aromatic rings. The van der Waals surface area contributed by atoms with Crippen molar-refractivity contribution in [2.45, 2.75) is 18.9 Å². The number of hydrogen-bond donors (Lipinski definition) is 1. The van der Waals surface area contributed by atoms with E-state index < -0.39 is 0 Å². The Morgan fingerprint density at radius 2 is 2.05 bits per heavy atom. The lowest BCUT2D eigenvalue weighted by Gasteiger charge is -2.14. The van der Waals surface area contributed by atoms with Crippen LogP contribution >= 0.6 is 27.5 Å². The van der Waals surface area contributed by atoms with Gasteiger partial charge in [0.25, 0.3) is 5.91 Å². The number of amides is 1. The van der Waals surface area contributed by atoms with Crippen molar-refractivity contribution in [1.82, 2.24) is 5.32 Å². The SMILES string of the molecule is O=C(NC1CCc2ccccc21)c1ccc(Br)c(Cl)c1. The van der Waals surface area contributed by atoms with Crippen LogP contribution in [-0.4, -0.2) is 5.91 Å². The number of hydrogen-bond acceptors (Lipinski definition) is 1. The number of halogens is 2. The molecule has 0 saturated carbocycles. The van der Waals surface area contributed by atoms with E-state index in [1.165, 1.54) is 11.1 Å². The standard InChI is InChI=1S/C16H13BrClNO/c17-13-7-5-11(9-14(13)18)16(20)19-15-8-6-10-3-1-2-4-12(10)15/h1-5,7,9,15H,6,8H2,(H,19,20). The Morgan fingerprint density at radius 1 is 1.25 bits per heavy atom. The minimum absolute atomic E-state index is 0.0823. The molecule has 3 rings (SSSR count). The summed E-state index contributed by atoms with van der Waals surface area (Å²) in [6.07, 6.45) is 1.97. The van der Waals surface area contributed by atoms with Gasteiger partial charge in [-0.25, -0.2) is 0 Å². The van der Waals surface area contributed by atoms with E-state index in [9.17, 15) is 4.79 Å². The Hall–Kier alpha value is -1.32. The molecule has 0 saturated heterocycles. The molecule has 4 heteroatoms. The Bertz CT molecular complexity index is 671. The lowest BCUT2D eigenvalue weighted by molar-refractivity contribution is 0.0936. The smallest absolute Gasteiger partial charge is 0.251 e. The summed E-state index contributed by atoms with van der Waals surface area (Å²) >= 11 is 9.35. The van der Waals surface area contributed by atoms with Crippen molar-refractivity contribution >= 4 is 33.4 Å². The highest BCUT2D eigenvalue weighted by atomic mass is 79.9. The first kappa shape index (κ1) is 13.7. The summed E-state index contributed by atoms with van der Waals surface area (Å²) in [6, 6.07) is 13.6. The van der Waals surface area contributed by atoms with E-state index in [0.717, 1.165) is 17.3 Å². The summed E-state index contributed by atoms with van der Waals surface area (Å²) in [4.78, 5) is 12.3. The summed E-state index contributed by atoms with van der Waals surface area (Å²) < 4.78 is 0.793.